The third-order valence-corrected chi connectivity index (χ3v) is 3.89. The highest BCUT2D eigenvalue weighted by atomic mass is 15.2. The molecule has 0 bridgehead atoms. The van der Waals surface area contributed by atoms with Crippen molar-refractivity contribution in [3.63, 3.8) is 0 Å². The van der Waals surface area contributed by atoms with Crippen molar-refractivity contribution in [2.24, 2.45) is 11.8 Å². The average molecular weight is 263 g/mol. The standard InChI is InChI=1S/C14H25N5/c1-4-16-12-9-13(18-14(15)17-12)19-7-5-11(6-8-19)10(2)3/h9-11H,4-8H2,1-3H3,(H3,15,16,17,18). The van der Waals surface area contributed by atoms with Crippen molar-refractivity contribution in [1.82, 2.24) is 9.97 Å². The summed E-state index contributed by atoms with van der Waals surface area (Å²) >= 11 is 0. The molecule has 1 saturated heterocycles. The van der Waals surface area contributed by atoms with Crippen LogP contribution in [0.3, 0.4) is 0 Å². The summed E-state index contributed by atoms with van der Waals surface area (Å²) in [6, 6.07) is 2.00. The van der Waals surface area contributed by atoms with Gasteiger partial charge in [-0.2, -0.15) is 9.97 Å². The van der Waals surface area contributed by atoms with E-state index in [4.69, 9.17) is 5.73 Å². The number of nitrogens with one attached hydrogen (secondary N) is 1. The molecule has 5 heteroatoms. The maximum Gasteiger partial charge on any atom is 0.223 e. The average Bonchev–Trinajstić information content (AvgIpc) is 2.38. The Bertz CT molecular complexity index is 410. The fourth-order valence-electron chi connectivity index (χ4n) is 2.68. The fraction of sp³-hybridized carbons (Fsp3) is 0.714. The number of hydrogen-bond acceptors (Lipinski definition) is 5. The Kier molecular flexibility index (Phi) is 4.45. The molecule has 106 valence electrons. The molecule has 3 N–H and O–H groups in total. The molecule has 1 aliphatic rings. The van der Waals surface area contributed by atoms with Gasteiger partial charge < -0.3 is 16.0 Å². The van der Waals surface area contributed by atoms with Crippen molar-refractivity contribution in [3.8, 4) is 0 Å². The molecule has 2 rings (SSSR count). The summed E-state index contributed by atoms with van der Waals surface area (Å²) in [5.41, 5.74) is 5.78. The van der Waals surface area contributed by atoms with Crippen LogP contribution < -0.4 is 16.0 Å². The van der Waals surface area contributed by atoms with E-state index in [-0.39, 0.29) is 0 Å². The van der Waals surface area contributed by atoms with E-state index in [1.807, 2.05) is 13.0 Å². The minimum Gasteiger partial charge on any atom is -0.370 e. The third-order valence-electron chi connectivity index (χ3n) is 3.89. The highest BCUT2D eigenvalue weighted by Gasteiger charge is 2.22. The first-order valence-electron chi connectivity index (χ1n) is 7.23. The summed E-state index contributed by atoms with van der Waals surface area (Å²) in [5, 5.41) is 3.20. The molecule has 0 amide bonds. The second kappa shape index (κ2) is 6.08. The van der Waals surface area contributed by atoms with Gasteiger partial charge in [0.2, 0.25) is 5.95 Å². The second-order valence-electron chi connectivity index (χ2n) is 5.57. The van der Waals surface area contributed by atoms with E-state index in [0.717, 1.165) is 43.1 Å². The molecular weight excluding hydrogens is 238 g/mol. The van der Waals surface area contributed by atoms with Crippen molar-refractivity contribution in [3.05, 3.63) is 6.07 Å². The SMILES string of the molecule is CCNc1cc(N2CCC(C(C)C)CC2)nc(N)n1. The van der Waals surface area contributed by atoms with Crippen molar-refractivity contribution >= 4 is 17.6 Å². The highest BCUT2D eigenvalue weighted by Crippen LogP contribution is 2.27. The van der Waals surface area contributed by atoms with E-state index in [2.05, 4.69) is 34.0 Å². The molecule has 0 atom stereocenters. The van der Waals surface area contributed by atoms with Gasteiger partial charge in [0.15, 0.2) is 0 Å². The summed E-state index contributed by atoms with van der Waals surface area (Å²) in [6.45, 7) is 9.63. The van der Waals surface area contributed by atoms with Crippen LogP contribution in [0.4, 0.5) is 17.6 Å². The number of aromatic nitrogens is 2. The van der Waals surface area contributed by atoms with Crippen LogP contribution in [0.2, 0.25) is 0 Å². The summed E-state index contributed by atoms with van der Waals surface area (Å²) in [5.74, 6) is 3.72. The minimum atomic E-state index is 0.347. The number of nitrogens with two attached hydrogens (primary N) is 1. The van der Waals surface area contributed by atoms with Crippen LogP contribution in [0.15, 0.2) is 6.07 Å². The fourth-order valence-corrected chi connectivity index (χ4v) is 2.68. The first-order valence-corrected chi connectivity index (χ1v) is 7.23. The predicted molar refractivity (Wildman–Crippen MR) is 80.4 cm³/mol. The predicted octanol–water partition coefficient (Wildman–Crippen LogP) is 2.36. The van der Waals surface area contributed by atoms with Crippen LogP contribution in [-0.2, 0) is 0 Å². The molecule has 0 saturated carbocycles. The third kappa shape index (κ3) is 3.49. The Morgan fingerprint density at radius 3 is 2.63 bits per heavy atom. The molecule has 5 nitrogen and oxygen atoms in total. The molecule has 0 radical (unpaired) electrons. The Hall–Kier alpha value is -1.52. The first-order chi connectivity index (χ1) is 9.10. The first kappa shape index (κ1) is 13.9. The monoisotopic (exact) mass is 263 g/mol. The van der Waals surface area contributed by atoms with E-state index < -0.39 is 0 Å². The topological polar surface area (TPSA) is 67.1 Å². The number of nitrogens with zero attached hydrogens (tertiary/aromatic N) is 3. The van der Waals surface area contributed by atoms with E-state index in [0.29, 0.717) is 5.95 Å². The van der Waals surface area contributed by atoms with Gasteiger partial charge in [-0.15, -0.1) is 0 Å². The van der Waals surface area contributed by atoms with E-state index in [1.165, 1.54) is 12.8 Å². The van der Waals surface area contributed by atoms with Crippen LogP contribution in [0.1, 0.15) is 33.6 Å². The van der Waals surface area contributed by atoms with Crippen molar-refractivity contribution in [2.75, 3.05) is 35.6 Å². The van der Waals surface area contributed by atoms with Crippen LogP contribution in [0.25, 0.3) is 0 Å². The smallest absolute Gasteiger partial charge is 0.223 e. The lowest BCUT2D eigenvalue weighted by atomic mass is 9.87. The molecule has 19 heavy (non-hydrogen) atoms. The van der Waals surface area contributed by atoms with Crippen molar-refractivity contribution in [1.29, 1.82) is 0 Å². The highest BCUT2D eigenvalue weighted by molar-refractivity contribution is 5.52. The zero-order valence-electron chi connectivity index (χ0n) is 12.2. The minimum absolute atomic E-state index is 0.347. The molecule has 1 aromatic heterocycles. The number of nitrogen functional groups attached to an aromatic ring is 1. The number of rotatable bonds is 4. The Labute approximate surface area is 115 Å². The molecule has 2 heterocycles. The lowest BCUT2D eigenvalue weighted by Gasteiger charge is -2.34. The Morgan fingerprint density at radius 1 is 1.37 bits per heavy atom. The second-order valence-corrected chi connectivity index (χ2v) is 5.57. The summed E-state index contributed by atoms with van der Waals surface area (Å²) in [4.78, 5) is 10.9. The normalized spacial score (nSPS) is 16.9. The van der Waals surface area contributed by atoms with Gasteiger partial charge in [0.05, 0.1) is 0 Å². The van der Waals surface area contributed by atoms with Crippen LogP contribution in [0, 0.1) is 11.8 Å². The molecule has 0 aliphatic carbocycles. The van der Waals surface area contributed by atoms with Crippen LogP contribution in [0.5, 0.6) is 0 Å². The van der Waals surface area contributed by atoms with Gasteiger partial charge in [-0.05, 0) is 31.6 Å². The van der Waals surface area contributed by atoms with Gasteiger partial charge in [-0.1, -0.05) is 13.8 Å². The summed E-state index contributed by atoms with van der Waals surface area (Å²) in [7, 11) is 0. The number of piperidine rings is 1. The molecular formula is C14H25N5. The summed E-state index contributed by atoms with van der Waals surface area (Å²) in [6.07, 6.45) is 2.47. The molecule has 0 unspecified atom stereocenters. The van der Waals surface area contributed by atoms with Crippen molar-refractivity contribution < 1.29 is 0 Å². The molecule has 1 aliphatic heterocycles. The summed E-state index contributed by atoms with van der Waals surface area (Å²) < 4.78 is 0. The maximum absolute atomic E-state index is 5.78. The van der Waals surface area contributed by atoms with Gasteiger partial charge in [0.25, 0.3) is 0 Å². The largest absolute Gasteiger partial charge is 0.370 e. The molecule has 1 fully saturated rings. The van der Waals surface area contributed by atoms with Gasteiger partial charge >= 0.3 is 0 Å². The number of anilines is 3. The van der Waals surface area contributed by atoms with Gasteiger partial charge in [0.1, 0.15) is 11.6 Å². The lowest BCUT2D eigenvalue weighted by Crippen LogP contribution is -2.36. The van der Waals surface area contributed by atoms with Crippen LogP contribution >= 0.6 is 0 Å². The van der Waals surface area contributed by atoms with E-state index in [1.54, 1.807) is 0 Å². The van der Waals surface area contributed by atoms with Gasteiger partial charge in [0, 0.05) is 25.7 Å². The van der Waals surface area contributed by atoms with Crippen LogP contribution in [-0.4, -0.2) is 29.6 Å². The molecule has 0 aromatic carbocycles. The van der Waals surface area contributed by atoms with Gasteiger partial charge in [-0.3, -0.25) is 0 Å². The quantitative estimate of drug-likeness (QED) is 0.873. The maximum atomic E-state index is 5.78. The van der Waals surface area contributed by atoms with Crippen molar-refractivity contribution in [2.45, 2.75) is 33.6 Å². The van der Waals surface area contributed by atoms with Gasteiger partial charge in [-0.25, -0.2) is 0 Å². The number of hydrogen-bond donors (Lipinski definition) is 2. The zero-order chi connectivity index (χ0) is 13.8. The Morgan fingerprint density at radius 2 is 2.05 bits per heavy atom. The zero-order valence-corrected chi connectivity index (χ0v) is 12.2. The molecule has 0 spiro atoms. The Balaban J connectivity index is 2.06. The van der Waals surface area contributed by atoms with E-state index in [9.17, 15) is 0 Å². The van der Waals surface area contributed by atoms with E-state index >= 15 is 0 Å². The lowest BCUT2D eigenvalue weighted by molar-refractivity contribution is 0.310. The molecule has 1 aromatic rings.